The molecule has 0 aromatic carbocycles. The van der Waals surface area contributed by atoms with Crippen molar-refractivity contribution in [2.24, 2.45) is 0 Å². The highest BCUT2D eigenvalue weighted by Crippen LogP contribution is 2.27. The second-order valence-corrected chi connectivity index (χ2v) is 9.71. The van der Waals surface area contributed by atoms with Gasteiger partial charge < -0.3 is 13.1 Å². The summed E-state index contributed by atoms with van der Waals surface area (Å²) >= 11 is 0. The van der Waals surface area contributed by atoms with Gasteiger partial charge in [0.05, 0.1) is 0 Å². The van der Waals surface area contributed by atoms with Gasteiger partial charge >= 0.3 is 8.72 Å². The zero-order valence-electron chi connectivity index (χ0n) is 11.1. The maximum Gasteiger partial charge on any atom is 0.420 e. The minimum absolute atomic E-state index is 0.321. The summed E-state index contributed by atoms with van der Waals surface area (Å²) in [6.07, 6.45) is 1.25. The van der Waals surface area contributed by atoms with Gasteiger partial charge in [-0.15, -0.1) is 0 Å². The first-order valence-corrected chi connectivity index (χ1v) is 9.73. The Hall–Kier alpha value is 0.0538. The Morgan fingerprint density at radius 2 is 1.94 bits per heavy atom. The smallest absolute Gasteiger partial charge is 0.383 e. The summed E-state index contributed by atoms with van der Waals surface area (Å²) in [5.41, 5.74) is 3.83. The van der Waals surface area contributed by atoms with Crippen LogP contribution in [0.5, 0.6) is 0 Å². The van der Waals surface area contributed by atoms with Crippen molar-refractivity contribution in [3.05, 3.63) is 11.3 Å². The fraction of sp³-hybridized carbons (Fsp3) is 0.818. The molecule has 1 fully saturated rings. The van der Waals surface area contributed by atoms with Gasteiger partial charge in [-0.25, -0.2) is 0 Å². The van der Waals surface area contributed by atoms with Crippen molar-refractivity contribution < 1.29 is 8.85 Å². The molecule has 1 aliphatic heterocycles. The maximum atomic E-state index is 6.02. The second-order valence-electron chi connectivity index (χ2n) is 4.41. The molecular weight excluding hydrogens is 234 g/mol. The Balaban J connectivity index is 2.68. The van der Waals surface area contributed by atoms with Crippen molar-refractivity contribution >= 4 is 18.4 Å². The van der Waals surface area contributed by atoms with Gasteiger partial charge in [-0.3, -0.25) is 0 Å². The van der Waals surface area contributed by atoms with Crippen LogP contribution in [0.15, 0.2) is 11.3 Å². The van der Waals surface area contributed by atoms with Crippen molar-refractivity contribution in [2.45, 2.75) is 40.2 Å². The monoisotopic (exact) mass is 259 g/mol. The average Bonchev–Trinajstić information content (AvgIpc) is 2.59. The van der Waals surface area contributed by atoms with Crippen LogP contribution in [0.2, 0.25) is 6.04 Å². The van der Waals surface area contributed by atoms with Crippen LogP contribution in [-0.4, -0.2) is 42.4 Å². The molecule has 5 heteroatoms. The van der Waals surface area contributed by atoms with E-state index in [1.165, 1.54) is 18.5 Å². The van der Waals surface area contributed by atoms with E-state index in [-0.39, 0.29) is 9.68 Å². The number of hydrogen-bond donors (Lipinski definition) is 0. The van der Waals surface area contributed by atoms with Gasteiger partial charge in [0.1, 0.15) is 9.68 Å². The number of allylic oxidation sites excluding steroid dienone is 1. The molecule has 94 valence electrons. The molecule has 0 aromatic heterocycles. The molecule has 0 aliphatic carbocycles. The zero-order chi connectivity index (χ0) is 12.0. The van der Waals surface area contributed by atoms with E-state index < -0.39 is 8.72 Å². The SMILES string of the molecule is CCO[Si]1(OCC)CCCN1[SiH2]C=C(C)C. The third-order valence-electron chi connectivity index (χ3n) is 2.86. The lowest BCUT2D eigenvalue weighted by molar-refractivity contribution is 0.159. The van der Waals surface area contributed by atoms with Gasteiger partial charge in [-0.2, -0.15) is 0 Å². The third kappa shape index (κ3) is 3.53. The van der Waals surface area contributed by atoms with Crippen molar-refractivity contribution in [2.75, 3.05) is 19.8 Å². The first kappa shape index (κ1) is 14.1. The lowest BCUT2D eigenvalue weighted by atomic mass is 10.4. The van der Waals surface area contributed by atoms with Crippen LogP contribution in [0.25, 0.3) is 0 Å². The molecule has 0 atom stereocenters. The molecule has 1 saturated heterocycles. The molecule has 1 heterocycles. The molecule has 0 spiro atoms. The summed E-state index contributed by atoms with van der Waals surface area (Å²) in [5, 5.41) is 0. The minimum Gasteiger partial charge on any atom is -0.383 e. The Labute approximate surface area is 103 Å². The summed E-state index contributed by atoms with van der Waals surface area (Å²) in [4.78, 5) is 0. The maximum absolute atomic E-state index is 6.02. The fourth-order valence-electron chi connectivity index (χ4n) is 2.16. The zero-order valence-corrected chi connectivity index (χ0v) is 13.5. The molecule has 0 amide bonds. The molecule has 0 aromatic rings. The van der Waals surface area contributed by atoms with E-state index in [0.717, 1.165) is 19.3 Å². The van der Waals surface area contributed by atoms with Crippen LogP contribution < -0.4 is 0 Å². The number of hydrogen-bond acceptors (Lipinski definition) is 3. The highest BCUT2D eigenvalue weighted by Gasteiger charge is 2.47. The molecule has 1 aliphatic rings. The van der Waals surface area contributed by atoms with Crippen LogP contribution >= 0.6 is 0 Å². The van der Waals surface area contributed by atoms with E-state index in [1.54, 1.807) is 0 Å². The molecule has 0 radical (unpaired) electrons. The van der Waals surface area contributed by atoms with Crippen LogP contribution in [0.1, 0.15) is 34.1 Å². The molecular formula is C11H25NO2Si2. The van der Waals surface area contributed by atoms with Crippen molar-refractivity contribution in [1.29, 1.82) is 0 Å². The van der Waals surface area contributed by atoms with Crippen LogP contribution in [-0.2, 0) is 8.85 Å². The van der Waals surface area contributed by atoms with Gasteiger partial charge in [0.25, 0.3) is 0 Å². The topological polar surface area (TPSA) is 21.7 Å². The van der Waals surface area contributed by atoms with Crippen molar-refractivity contribution in [1.82, 2.24) is 4.23 Å². The van der Waals surface area contributed by atoms with Crippen LogP contribution in [0.3, 0.4) is 0 Å². The molecule has 16 heavy (non-hydrogen) atoms. The Morgan fingerprint density at radius 1 is 1.31 bits per heavy atom. The van der Waals surface area contributed by atoms with E-state index in [9.17, 15) is 0 Å². The molecule has 0 N–H and O–H groups in total. The molecule has 1 rings (SSSR count). The third-order valence-corrected chi connectivity index (χ3v) is 10.3. The second kappa shape index (κ2) is 6.71. The van der Waals surface area contributed by atoms with Gasteiger partial charge in [0.2, 0.25) is 0 Å². The van der Waals surface area contributed by atoms with E-state index in [0.29, 0.717) is 0 Å². The highest BCUT2D eigenvalue weighted by atomic mass is 28.4. The Bertz CT molecular complexity index is 236. The summed E-state index contributed by atoms with van der Waals surface area (Å²) in [5.74, 6) is 0. The summed E-state index contributed by atoms with van der Waals surface area (Å²) in [7, 11) is -2.30. The predicted molar refractivity (Wildman–Crippen MR) is 73.1 cm³/mol. The predicted octanol–water partition coefficient (Wildman–Crippen LogP) is 1.71. The molecule has 0 saturated carbocycles. The van der Waals surface area contributed by atoms with E-state index in [1.807, 2.05) is 0 Å². The average molecular weight is 259 g/mol. The number of nitrogens with zero attached hydrogens (tertiary/aromatic N) is 1. The molecule has 0 unspecified atom stereocenters. The fourth-order valence-corrected chi connectivity index (χ4v) is 8.62. The first-order chi connectivity index (χ1) is 7.64. The minimum atomic E-state index is -1.98. The van der Waals surface area contributed by atoms with E-state index in [4.69, 9.17) is 8.85 Å². The van der Waals surface area contributed by atoms with Crippen LogP contribution in [0, 0.1) is 0 Å². The lowest BCUT2D eigenvalue weighted by Crippen LogP contribution is -2.55. The Kier molecular flexibility index (Phi) is 5.92. The number of rotatable bonds is 6. The summed E-state index contributed by atoms with van der Waals surface area (Å²) in [6, 6.07) is 1.15. The van der Waals surface area contributed by atoms with Gasteiger partial charge in [-0.1, -0.05) is 11.3 Å². The quantitative estimate of drug-likeness (QED) is 0.678. The van der Waals surface area contributed by atoms with Crippen molar-refractivity contribution in [3.8, 4) is 0 Å². The van der Waals surface area contributed by atoms with Gasteiger partial charge in [0.15, 0.2) is 0 Å². The first-order valence-electron chi connectivity index (χ1n) is 6.31. The molecule has 3 nitrogen and oxygen atoms in total. The van der Waals surface area contributed by atoms with Gasteiger partial charge in [-0.05, 0) is 40.7 Å². The normalized spacial score (nSPS) is 20.8. The largest absolute Gasteiger partial charge is 0.420 e. The van der Waals surface area contributed by atoms with E-state index in [2.05, 4.69) is 37.6 Å². The summed E-state index contributed by atoms with van der Waals surface area (Å²) < 4.78 is 14.6. The van der Waals surface area contributed by atoms with Crippen molar-refractivity contribution in [3.63, 3.8) is 0 Å². The Morgan fingerprint density at radius 3 is 2.44 bits per heavy atom. The highest BCUT2D eigenvalue weighted by molar-refractivity contribution is 6.73. The summed E-state index contributed by atoms with van der Waals surface area (Å²) in [6.45, 7) is 11.3. The molecule has 0 bridgehead atoms. The van der Waals surface area contributed by atoms with Crippen LogP contribution in [0.4, 0.5) is 0 Å². The van der Waals surface area contributed by atoms with Gasteiger partial charge in [0, 0.05) is 19.3 Å². The lowest BCUT2D eigenvalue weighted by Gasteiger charge is -2.33. The standard InChI is InChI=1S/C11H25NO2Si2/c1-5-13-16(14-6-2)9-7-8-12(16)15-10-11(3)4/h10H,5-9,15H2,1-4H3. The van der Waals surface area contributed by atoms with E-state index >= 15 is 0 Å².